The lowest BCUT2D eigenvalue weighted by atomic mass is 9.96. The van der Waals surface area contributed by atoms with Crippen LogP contribution in [-0.2, 0) is 0 Å². The number of nitrogens with one attached hydrogen (secondary N) is 1. The first-order chi connectivity index (χ1) is 16.5. The highest BCUT2D eigenvalue weighted by atomic mass is 32.1. The van der Waals surface area contributed by atoms with Crippen molar-refractivity contribution in [1.82, 2.24) is 14.8 Å². The Balaban J connectivity index is 1.29. The molecule has 0 spiro atoms. The molecule has 0 atom stereocenters. The van der Waals surface area contributed by atoms with Crippen LogP contribution in [0.2, 0.25) is 0 Å². The van der Waals surface area contributed by atoms with Gasteiger partial charge in [0.25, 0.3) is 0 Å². The molecule has 1 aliphatic rings. The van der Waals surface area contributed by atoms with Crippen LogP contribution in [0, 0.1) is 17.5 Å². The fourth-order valence-electron chi connectivity index (χ4n) is 4.21. The van der Waals surface area contributed by atoms with Gasteiger partial charge >= 0.3 is 6.03 Å². The molecule has 0 saturated carbocycles. The van der Waals surface area contributed by atoms with Gasteiger partial charge in [-0.05, 0) is 53.6 Å². The molecule has 4 aromatic rings. The summed E-state index contributed by atoms with van der Waals surface area (Å²) in [7, 11) is 0. The van der Waals surface area contributed by atoms with Crippen LogP contribution in [0.5, 0.6) is 0 Å². The van der Waals surface area contributed by atoms with E-state index in [0.29, 0.717) is 41.5 Å². The number of urea groups is 1. The molecule has 5 rings (SSSR count). The molecule has 5 nitrogen and oxygen atoms in total. The molecule has 1 aromatic heterocycles. The lowest BCUT2D eigenvalue weighted by molar-refractivity contribution is 0.126. The quantitative estimate of drug-likeness (QED) is 0.409. The molecule has 34 heavy (non-hydrogen) atoms. The van der Waals surface area contributed by atoms with Gasteiger partial charge in [0, 0.05) is 26.2 Å². The van der Waals surface area contributed by atoms with E-state index in [-0.39, 0.29) is 29.5 Å². The van der Waals surface area contributed by atoms with Gasteiger partial charge < -0.3 is 4.90 Å². The highest BCUT2D eigenvalue weighted by Crippen LogP contribution is 2.31. The highest BCUT2D eigenvalue weighted by Gasteiger charge is 2.28. The summed E-state index contributed by atoms with van der Waals surface area (Å²) in [5.74, 6) is -0.983. The molecule has 0 unspecified atom stereocenters. The molecule has 2 amide bonds. The number of rotatable bonds is 4. The molecular formula is C25H21F3N4OS. The number of amides is 2. The average molecular weight is 483 g/mol. The van der Waals surface area contributed by atoms with Crippen molar-refractivity contribution in [1.29, 1.82) is 0 Å². The number of hydrogen-bond donors (Lipinski definition) is 1. The number of piperazine rings is 1. The maximum Gasteiger partial charge on any atom is 0.323 e. The summed E-state index contributed by atoms with van der Waals surface area (Å²) in [5, 5.41) is 3.23. The van der Waals surface area contributed by atoms with Gasteiger partial charge in [0.05, 0.1) is 16.3 Å². The minimum Gasteiger partial charge on any atom is -0.322 e. The van der Waals surface area contributed by atoms with Crippen molar-refractivity contribution >= 4 is 32.7 Å². The molecule has 1 saturated heterocycles. The van der Waals surface area contributed by atoms with Crippen LogP contribution in [0.25, 0.3) is 10.2 Å². The molecular weight excluding hydrogens is 461 g/mol. The first-order valence-corrected chi connectivity index (χ1v) is 11.6. The Morgan fingerprint density at radius 1 is 0.824 bits per heavy atom. The number of anilines is 1. The predicted octanol–water partition coefficient (Wildman–Crippen LogP) is 5.65. The summed E-state index contributed by atoms with van der Waals surface area (Å²) in [6.07, 6.45) is 0. The summed E-state index contributed by atoms with van der Waals surface area (Å²) in [6.45, 7) is 2.12. The van der Waals surface area contributed by atoms with Gasteiger partial charge in [0.2, 0.25) is 0 Å². The fourth-order valence-corrected chi connectivity index (χ4v) is 5.09. The Morgan fingerprint density at radius 3 is 1.97 bits per heavy atom. The Hall–Kier alpha value is -3.43. The molecule has 3 aromatic carbocycles. The molecule has 0 aliphatic carbocycles. The van der Waals surface area contributed by atoms with E-state index in [1.807, 2.05) is 0 Å². The van der Waals surface area contributed by atoms with Crippen LogP contribution in [0.15, 0.2) is 66.7 Å². The van der Waals surface area contributed by atoms with Gasteiger partial charge in [0.1, 0.15) is 17.5 Å². The molecule has 2 heterocycles. The molecule has 174 valence electrons. The number of fused-ring (bicyclic) bond motifs is 1. The Morgan fingerprint density at radius 2 is 1.38 bits per heavy atom. The second kappa shape index (κ2) is 9.44. The van der Waals surface area contributed by atoms with Crippen LogP contribution in [0.1, 0.15) is 17.2 Å². The fraction of sp³-hybridized carbons (Fsp3) is 0.200. The van der Waals surface area contributed by atoms with Gasteiger partial charge in [-0.2, -0.15) is 0 Å². The van der Waals surface area contributed by atoms with Crippen LogP contribution >= 0.6 is 11.3 Å². The number of benzene rings is 3. The summed E-state index contributed by atoms with van der Waals surface area (Å²) >= 11 is 1.22. The lowest BCUT2D eigenvalue weighted by Crippen LogP contribution is -2.51. The zero-order chi connectivity index (χ0) is 23.7. The van der Waals surface area contributed by atoms with Crippen molar-refractivity contribution < 1.29 is 18.0 Å². The van der Waals surface area contributed by atoms with Crippen molar-refractivity contribution in [2.24, 2.45) is 0 Å². The standard InChI is InChI=1S/C25H21F3N4OS/c26-18-5-1-16(2-6-18)23(17-3-7-19(27)8-4-17)31-11-13-32(14-12-31)25(33)30-24-29-21-10-9-20(28)15-22(21)34-24/h1-10,15,23H,11-14H2,(H,29,30,33). The van der Waals surface area contributed by atoms with Crippen molar-refractivity contribution in [2.45, 2.75) is 6.04 Å². The van der Waals surface area contributed by atoms with E-state index in [0.717, 1.165) is 11.1 Å². The number of nitrogens with zero attached hydrogens (tertiary/aromatic N) is 3. The van der Waals surface area contributed by atoms with E-state index >= 15 is 0 Å². The van der Waals surface area contributed by atoms with Gasteiger partial charge in [-0.1, -0.05) is 35.6 Å². The monoisotopic (exact) mass is 482 g/mol. The number of carbonyl (C=O) groups is 1. The topological polar surface area (TPSA) is 48.5 Å². The van der Waals surface area contributed by atoms with Crippen LogP contribution in [0.4, 0.5) is 23.1 Å². The van der Waals surface area contributed by atoms with Crippen molar-refractivity contribution in [2.75, 3.05) is 31.5 Å². The first-order valence-electron chi connectivity index (χ1n) is 10.8. The first kappa shape index (κ1) is 22.4. The second-order valence-electron chi connectivity index (χ2n) is 8.09. The highest BCUT2D eigenvalue weighted by molar-refractivity contribution is 7.22. The maximum absolute atomic E-state index is 13.5. The van der Waals surface area contributed by atoms with E-state index in [2.05, 4.69) is 15.2 Å². The third-order valence-corrected chi connectivity index (χ3v) is 6.84. The van der Waals surface area contributed by atoms with Crippen molar-refractivity contribution in [3.8, 4) is 0 Å². The summed E-state index contributed by atoms with van der Waals surface area (Å²) < 4.78 is 41.1. The van der Waals surface area contributed by atoms with E-state index in [9.17, 15) is 18.0 Å². The molecule has 0 bridgehead atoms. The largest absolute Gasteiger partial charge is 0.323 e. The SMILES string of the molecule is O=C(Nc1nc2ccc(F)cc2s1)N1CCN(C(c2ccc(F)cc2)c2ccc(F)cc2)CC1. The minimum absolute atomic E-state index is 0.189. The van der Waals surface area contributed by atoms with Crippen molar-refractivity contribution in [3.63, 3.8) is 0 Å². The zero-order valence-electron chi connectivity index (χ0n) is 18.0. The second-order valence-corrected chi connectivity index (χ2v) is 9.12. The summed E-state index contributed by atoms with van der Waals surface area (Å²) in [5.41, 5.74) is 2.42. The van der Waals surface area contributed by atoms with E-state index in [1.165, 1.54) is 47.7 Å². The predicted molar refractivity (Wildman–Crippen MR) is 126 cm³/mol. The van der Waals surface area contributed by atoms with Crippen molar-refractivity contribution in [3.05, 3.63) is 95.3 Å². The third kappa shape index (κ3) is 4.76. The van der Waals surface area contributed by atoms with Gasteiger partial charge in [0.15, 0.2) is 5.13 Å². The number of thiazole rings is 1. The number of carbonyl (C=O) groups excluding carboxylic acids is 1. The number of hydrogen-bond acceptors (Lipinski definition) is 4. The average Bonchev–Trinajstić information content (AvgIpc) is 3.23. The smallest absolute Gasteiger partial charge is 0.322 e. The molecule has 9 heteroatoms. The van der Waals surface area contributed by atoms with E-state index < -0.39 is 0 Å². The number of aromatic nitrogens is 1. The van der Waals surface area contributed by atoms with Gasteiger partial charge in [-0.15, -0.1) is 0 Å². The summed E-state index contributed by atoms with van der Waals surface area (Å²) in [6, 6.07) is 16.5. The minimum atomic E-state index is -0.345. The Bertz CT molecular complexity index is 1260. The number of halogens is 3. The van der Waals surface area contributed by atoms with Crippen LogP contribution in [0.3, 0.4) is 0 Å². The van der Waals surface area contributed by atoms with Gasteiger partial charge in [-0.3, -0.25) is 10.2 Å². The molecule has 0 radical (unpaired) electrons. The van der Waals surface area contributed by atoms with E-state index in [4.69, 9.17) is 0 Å². The van der Waals surface area contributed by atoms with Crippen LogP contribution in [-0.4, -0.2) is 47.0 Å². The summed E-state index contributed by atoms with van der Waals surface area (Å²) in [4.78, 5) is 21.1. The molecule has 1 fully saturated rings. The molecule has 1 N–H and O–H groups in total. The van der Waals surface area contributed by atoms with Crippen LogP contribution < -0.4 is 5.32 Å². The Labute approximate surface area is 198 Å². The Kier molecular flexibility index (Phi) is 6.21. The lowest BCUT2D eigenvalue weighted by Gasteiger charge is -2.39. The zero-order valence-corrected chi connectivity index (χ0v) is 18.9. The molecule has 1 aliphatic heterocycles. The van der Waals surface area contributed by atoms with Gasteiger partial charge in [-0.25, -0.2) is 22.9 Å². The maximum atomic E-state index is 13.5. The normalized spacial score (nSPS) is 14.6. The van der Waals surface area contributed by atoms with E-state index in [1.54, 1.807) is 35.2 Å². The third-order valence-electron chi connectivity index (χ3n) is 5.90.